The molecule has 0 aliphatic carbocycles. The predicted molar refractivity (Wildman–Crippen MR) is 80.2 cm³/mol. The molecule has 0 spiro atoms. The summed E-state index contributed by atoms with van der Waals surface area (Å²) in [6.45, 7) is 8.00. The van der Waals surface area contributed by atoms with Gasteiger partial charge < -0.3 is 4.74 Å². The Labute approximate surface area is 120 Å². The summed E-state index contributed by atoms with van der Waals surface area (Å²) in [5.74, 6) is 0.474. The molecule has 2 unspecified atom stereocenters. The maximum Gasteiger partial charge on any atom is 0.211 e. The Morgan fingerprint density at radius 2 is 1.79 bits per heavy atom. The van der Waals surface area contributed by atoms with Crippen LogP contribution >= 0.6 is 0 Å². The summed E-state index contributed by atoms with van der Waals surface area (Å²) in [5.41, 5.74) is -0.358. The first-order valence-electron chi connectivity index (χ1n) is 6.23. The van der Waals surface area contributed by atoms with E-state index in [1.165, 1.54) is 17.6 Å². The minimum absolute atomic E-state index is 0.0115. The molecule has 0 amide bonds. The quantitative estimate of drug-likeness (QED) is 0.672. The van der Waals surface area contributed by atoms with Crippen molar-refractivity contribution in [1.29, 1.82) is 0 Å². The van der Waals surface area contributed by atoms with Gasteiger partial charge in [0.1, 0.15) is 0 Å². The molecule has 0 fully saturated rings. The standard InChI is InChI=1S/C12H27NO4S2/c1-10(2)17-11(8-13(5)19(7,15)16)12(3,4)9-18(6)14/h10-11H,8-9H2,1-7H3. The summed E-state index contributed by atoms with van der Waals surface area (Å²) in [6, 6.07) is 0. The molecule has 116 valence electrons. The molecule has 0 radical (unpaired) electrons. The molecular weight excluding hydrogens is 286 g/mol. The van der Waals surface area contributed by atoms with Crippen molar-refractivity contribution in [2.24, 2.45) is 5.41 Å². The molecule has 0 heterocycles. The first-order valence-corrected chi connectivity index (χ1v) is 9.80. The number of rotatable bonds is 8. The van der Waals surface area contributed by atoms with E-state index in [0.29, 0.717) is 5.75 Å². The molecule has 2 atom stereocenters. The lowest BCUT2D eigenvalue weighted by Crippen LogP contribution is -2.46. The monoisotopic (exact) mass is 313 g/mol. The van der Waals surface area contributed by atoms with Crippen LogP contribution in [0.4, 0.5) is 0 Å². The fourth-order valence-electron chi connectivity index (χ4n) is 1.79. The van der Waals surface area contributed by atoms with Crippen molar-refractivity contribution in [3.05, 3.63) is 0 Å². The first-order chi connectivity index (χ1) is 8.36. The maximum absolute atomic E-state index is 11.5. The van der Waals surface area contributed by atoms with Crippen LogP contribution in [0, 0.1) is 5.41 Å². The Kier molecular flexibility index (Phi) is 7.16. The summed E-state index contributed by atoms with van der Waals surface area (Å²) in [7, 11) is -2.67. The molecule has 7 heteroatoms. The van der Waals surface area contributed by atoms with Crippen LogP contribution in [0.15, 0.2) is 0 Å². The topological polar surface area (TPSA) is 63.7 Å². The van der Waals surface area contributed by atoms with Gasteiger partial charge in [0.15, 0.2) is 0 Å². The van der Waals surface area contributed by atoms with Gasteiger partial charge in [-0.1, -0.05) is 13.8 Å². The number of ether oxygens (including phenoxy) is 1. The third kappa shape index (κ3) is 7.39. The fourth-order valence-corrected chi connectivity index (χ4v) is 3.43. The van der Waals surface area contributed by atoms with Crippen molar-refractivity contribution in [3.8, 4) is 0 Å². The molecule has 0 N–H and O–H groups in total. The van der Waals surface area contributed by atoms with E-state index in [4.69, 9.17) is 4.74 Å². The lowest BCUT2D eigenvalue weighted by atomic mass is 9.88. The number of sulfonamides is 1. The number of hydrogen-bond acceptors (Lipinski definition) is 4. The minimum atomic E-state index is -3.24. The summed E-state index contributed by atoms with van der Waals surface area (Å²) < 4.78 is 41.6. The van der Waals surface area contributed by atoms with E-state index in [2.05, 4.69) is 0 Å². The Hall–Kier alpha value is 0.0200. The zero-order valence-electron chi connectivity index (χ0n) is 13.0. The van der Waals surface area contributed by atoms with E-state index < -0.39 is 20.8 Å². The lowest BCUT2D eigenvalue weighted by Gasteiger charge is -2.36. The highest BCUT2D eigenvalue weighted by atomic mass is 32.2. The highest BCUT2D eigenvalue weighted by Crippen LogP contribution is 2.26. The van der Waals surface area contributed by atoms with E-state index >= 15 is 0 Å². The van der Waals surface area contributed by atoms with Crippen molar-refractivity contribution in [2.45, 2.75) is 39.9 Å². The molecule has 0 saturated carbocycles. The van der Waals surface area contributed by atoms with Gasteiger partial charge in [0.2, 0.25) is 10.0 Å². The molecule has 0 aromatic rings. The summed E-state index contributed by atoms with van der Waals surface area (Å²) >= 11 is 0. The summed E-state index contributed by atoms with van der Waals surface area (Å²) in [6.07, 6.45) is 2.51. The molecule has 0 aromatic heterocycles. The van der Waals surface area contributed by atoms with Crippen LogP contribution in [-0.2, 0) is 25.6 Å². The van der Waals surface area contributed by atoms with Gasteiger partial charge in [-0.05, 0) is 13.8 Å². The molecule has 0 aliphatic rings. The number of nitrogens with zero attached hydrogens (tertiary/aromatic N) is 1. The zero-order valence-corrected chi connectivity index (χ0v) is 14.6. The third-order valence-electron chi connectivity index (χ3n) is 2.87. The second-order valence-corrected chi connectivity index (χ2v) is 9.45. The highest BCUT2D eigenvalue weighted by molar-refractivity contribution is 7.88. The van der Waals surface area contributed by atoms with Crippen molar-refractivity contribution < 1.29 is 17.4 Å². The molecular formula is C12H27NO4S2. The van der Waals surface area contributed by atoms with Gasteiger partial charge in [0, 0.05) is 41.8 Å². The third-order valence-corrected chi connectivity index (χ3v) is 5.30. The minimum Gasteiger partial charge on any atom is -0.374 e. The maximum atomic E-state index is 11.5. The molecule has 19 heavy (non-hydrogen) atoms. The van der Waals surface area contributed by atoms with Crippen molar-refractivity contribution in [2.75, 3.05) is 31.9 Å². The Bertz CT molecular complexity index is 404. The number of hydrogen-bond donors (Lipinski definition) is 0. The van der Waals surface area contributed by atoms with Crippen LogP contribution in [-0.4, -0.2) is 61.0 Å². The SMILES string of the molecule is CC(C)OC(CN(C)S(C)(=O)=O)C(C)(C)CS(C)=O. The van der Waals surface area contributed by atoms with Crippen LogP contribution in [0.1, 0.15) is 27.7 Å². The van der Waals surface area contributed by atoms with Crippen LogP contribution in [0.3, 0.4) is 0 Å². The summed E-state index contributed by atoms with van der Waals surface area (Å²) in [5, 5.41) is 0. The summed E-state index contributed by atoms with van der Waals surface area (Å²) in [4.78, 5) is 0. The predicted octanol–water partition coefficient (Wildman–Crippen LogP) is 1.08. The second-order valence-electron chi connectivity index (χ2n) is 5.92. The normalized spacial score (nSPS) is 16.9. The van der Waals surface area contributed by atoms with Crippen molar-refractivity contribution in [3.63, 3.8) is 0 Å². The van der Waals surface area contributed by atoms with E-state index in [1.54, 1.807) is 6.26 Å². The molecule has 0 aromatic carbocycles. The van der Waals surface area contributed by atoms with Crippen molar-refractivity contribution >= 4 is 20.8 Å². The average molecular weight is 313 g/mol. The first kappa shape index (κ1) is 19.0. The Morgan fingerprint density at radius 3 is 2.11 bits per heavy atom. The molecule has 5 nitrogen and oxygen atoms in total. The molecule has 0 bridgehead atoms. The van der Waals surface area contributed by atoms with Gasteiger partial charge in [0.25, 0.3) is 0 Å². The number of likely N-dealkylation sites (N-methyl/N-ethyl adjacent to an activating group) is 1. The average Bonchev–Trinajstić information content (AvgIpc) is 2.11. The van der Waals surface area contributed by atoms with E-state index in [1.807, 2.05) is 27.7 Å². The van der Waals surface area contributed by atoms with E-state index in [0.717, 1.165) is 0 Å². The fraction of sp³-hybridized carbons (Fsp3) is 1.00. The smallest absolute Gasteiger partial charge is 0.211 e. The molecule has 0 rings (SSSR count). The van der Waals surface area contributed by atoms with E-state index in [9.17, 15) is 12.6 Å². The van der Waals surface area contributed by atoms with Gasteiger partial charge in [-0.2, -0.15) is 0 Å². The van der Waals surface area contributed by atoms with Crippen LogP contribution in [0.5, 0.6) is 0 Å². The van der Waals surface area contributed by atoms with Gasteiger partial charge in [-0.3, -0.25) is 4.21 Å². The van der Waals surface area contributed by atoms with Crippen LogP contribution in [0.25, 0.3) is 0 Å². The van der Waals surface area contributed by atoms with Gasteiger partial charge in [-0.15, -0.1) is 0 Å². The van der Waals surface area contributed by atoms with Gasteiger partial charge >= 0.3 is 0 Å². The largest absolute Gasteiger partial charge is 0.374 e. The van der Waals surface area contributed by atoms with Crippen LogP contribution < -0.4 is 0 Å². The lowest BCUT2D eigenvalue weighted by molar-refractivity contribution is -0.0554. The van der Waals surface area contributed by atoms with E-state index in [-0.39, 0.29) is 24.2 Å². The Balaban J connectivity index is 5.05. The molecule has 0 aliphatic heterocycles. The molecule has 0 saturated heterocycles. The second kappa shape index (κ2) is 7.15. The van der Waals surface area contributed by atoms with Gasteiger partial charge in [0.05, 0.1) is 18.5 Å². The Morgan fingerprint density at radius 1 is 1.32 bits per heavy atom. The van der Waals surface area contributed by atoms with Crippen LogP contribution in [0.2, 0.25) is 0 Å². The zero-order chi connectivity index (χ0) is 15.4. The highest BCUT2D eigenvalue weighted by Gasteiger charge is 2.34. The van der Waals surface area contributed by atoms with Crippen molar-refractivity contribution in [1.82, 2.24) is 4.31 Å². The van der Waals surface area contributed by atoms with Gasteiger partial charge in [-0.25, -0.2) is 12.7 Å².